The van der Waals surface area contributed by atoms with Gasteiger partial charge in [-0.2, -0.15) is 8.42 Å². The zero-order valence-corrected chi connectivity index (χ0v) is 11.4. The van der Waals surface area contributed by atoms with Crippen molar-refractivity contribution in [3.8, 4) is 11.5 Å². The van der Waals surface area contributed by atoms with Crippen LogP contribution in [0.2, 0.25) is 0 Å². The van der Waals surface area contributed by atoms with Gasteiger partial charge in [-0.3, -0.25) is 14.3 Å². The second kappa shape index (κ2) is 6.68. The molecular formula is C12H12N2O6S. The number of nitrogens with two attached hydrogens (primary N) is 1. The number of aromatic nitrogens is 1. The largest absolute Gasteiger partial charge is 0.508 e. The second-order valence-corrected chi connectivity index (χ2v) is 5.12. The summed E-state index contributed by atoms with van der Waals surface area (Å²) in [5.74, 6) is -1.39. The fourth-order valence-electron chi connectivity index (χ4n) is 1.22. The van der Waals surface area contributed by atoms with E-state index in [4.69, 9.17) is 20.5 Å². The van der Waals surface area contributed by atoms with Gasteiger partial charge in [0.25, 0.3) is 10.1 Å². The molecular weight excluding hydrogens is 300 g/mol. The number of phenolic OH excluding ortho intramolecular Hbond substituents is 2. The van der Waals surface area contributed by atoms with Gasteiger partial charge in [-0.15, -0.1) is 0 Å². The van der Waals surface area contributed by atoms with Crippen molar-refractivity contribution in [2.24, 2.45) is 5.73 Å². The van der Waals surface area contributed by atoms with Crippen LogP contribution in [0.4, 0.5) is 0 Å². The Morgan fingerprint density at radius 2 is 1.86 bits per heavy atom. The van der Waals surface area contributed by atoms with Crippen LogP contribution in [0.3, 0.4) is 0 Å². The van der Waals surface area contributed by atoms with Gasteiger partial charge in [-0.05, 0) is 24.3 Å². The summed E-state index contributed by atoms with van der Waals surface area (Å²) >= 11 is 0. The fourth-order valence-corrected chi connectivity index (χ4v) is 1.82. The molecule has 0 radical (unpaired) electrons. The van der Waals surface area contributed by atoms with Crippen LogP contribution in [0.5, 0.6) is 11.5 Å². The van der Waals surface area contributed by atoms with Crippen molar-refractivity contribution in [2.45, 2.75) is 4.90 Å². The van der Waals surface area contributed by atoms with Gasteiger partial charge in [0.2, 0.25) is 5.91 Å². The number of benzene rings is 1. The third kappa shape index (κ3) is 5.09. The molecule has 0 aliphatic rings. The first-order valence-electron chi connectivity index (χ1n) is 5.41. The molecule has 1 aromatic heterocycles. The number of carbonyl (C=O) groups is 1. The van der Waals surface area contributed by atoms with E-state index in [-0.39, 0.29) is 5.75 Å². The summed E-state index contributed by atoms with van der Waals surface area (Å²) in [6.07, 6.45) is 3.02. The van der Waals surface area contributed by atoms with Crippen molar-refractivity contribution in [1.29, 1.82) is 0 Å². The number of primary amides is 1. The number of pyridine rings is 1. The molecule has 0 bridgehead atoms. The van der Waals surface area contributed by atoms with Gasteiger partial charge < -0.3 is 15.9 Å². The lowest BCUT2D eigenvalue weighted by atomic mass is 10.3. The number of amides is 1. The van der Waals surface area contributed by atoms with E-state index in [1.54, 1.807) is 18.3 Å². The highest BCUT2D eigenvalue weighted by atomic mass is 32.2. The third-order valence-electron chi connectivity index (χ3n) is 2.17. The molecule has 8 nitrogen and oxygen atoms in total. The standard InChI is InChI=1S/C6H6N2O.C6H6O5S/c7-6(9)5-2-1-3-8-4-5;7-4-1-2-5(8)6(3-4)12(9,10)11/h1-4H,(H2,7,9);1-3,7-8H,(H,9,10,11). The topological polar surface area (TPSA) is 151 Å². The van der Waals surface area contributed by atoms with E-state index in [1.807, 2.05) is 0 Å². The summed E-state index contributed by atoms with van der Waals surface area (Å²) in [7, 11) is -4.47. The van der Waals surface area contributed by atoms with E-state index in [9.17, 15) is 13.2 Å². The third-order valence-corrected chi connectivity index (χ3v) is 3.05. The monoisotopic (exact) mass is 312 g/mol. The zero-order chi connectivity index (χ0) is 16.0. The molecule has 1 amide bonds. The first-order chi connectivity index (χ1) is 9.71. The van der Waals surface area contributed by atoms with Crippen LogP contribution in [0.15, 0.2) is 47.6 Å². The van der Waals surface area contributed by atoms with E-state index in [0.29, 0.717) is 5.56 Å². The fraction of sp³-hybridized carbons (Fsp3) is 0. The molecule has 0 saturated carbocycles. The van der Waals surface area contributed by atoms with Crippen LogP contribution in [-0.2, 0) is 10.1 Å². The molecule has 21 heavy (non-hydrogen) atoms. The minimum Gasteiger partial charge on any atom is -0.508 e. The van der Waals surface area contributed by atoms with Crippen molar-refractivity contribution in [3.05, 3.63) is 48.3 Å². The molecule has 0 unspecified atom stereocenters. The second-order valence-electron chi connectivity index (χ2n) is 3.73. The molecule has 0 atom stereocenters. The molecule has 1 heterocycles. The van der Waals surface area contributed by atoms with E-state index in [1.165, 1.54) is 6.20 Å². The van der Waals surface area contributed by atoms with Crippen LogP contribution < -0.4 is 5.73 Å². The van der Waals surface area contributed by atoms with Crippen LogP contribution in [0.1, 0.15) is 10.4 Å². The predicted molar refractivity (Wildman–Crippen MR) is 72.3 cm³/mol. The molecule has 2 rings (SSSR count). The minimum atomic E-state index is -4.47. The highest BCUT2D eigenvalue weighted by Crippen LogP contribution is 2.25. The molecule has 5 N–H and O–H groups in total. The van der Waals surface area contributed by atoms with Crippen molar-refractivity contribution < 1.29 is 28.0 Å². The van der Waals surface area contributed by atoms with E-state index in [0.717, 1.165) is 18.2 Å². The highest BCUT2D eigenvalue weighted by molar-refractivity contribution is 7.86. The number of rotatable bonds is 2. The summed E-state index contributed by atoms with van der Waals surface area (Å²) in [6.45, 7) is 0. The summed E-state index contributed by atoms with van der Waals surface area (Å²) in [6, 6.07) is 6.11. The van der Waals surface area contributed by atoms with Gasteiger partial charge in [-0.1, -0.05) is 0 Å². The lowest BCUT2D eigenvalue weighted by Crippen LogP contribution is -2.10. The quantitative estimate of drug-likeness (QED) is 0.466. The summed E-state index contributed by atoms with van der Waals surface area (Å²) in [5.41, 5.74) is 5.38. The van der Waals surface area contributed by atoms with Crippen LogP contribution in [-0.4, -0.2) is 34.1 Å². The molecule has 0 aliphatic heterocycles. The van der Waals surface area contributed by atoms with E-state index >= 15 is 0 Å². The SMILES string of the molecule is NC(=O)c1cccnc1.O=S(=O)(O)c1cc(O)ccc1O. The number of phenols is 2. The van der Waals surface area contributed by atoms with Gasteiger partial charge in [0, 0.05) is 18.5 Å². The molecule has 9 heteroatoms. The Kier molecular flexibility index (Phi) is 5.22. The van der Waals surface area contributed by atoms with Crippen LogP contribution >= 0.6 is 0 Å². The molecule has 0 saturated heterocycles. The lowest BCUT2D eigenvalue weighted by Gasteiger charge is -2.00. The molecule has 0 aliphatic carbocycles. The minimum absolute atomic E-state index is 0.347. The maximum atomic E-state index is 10.5. The predicted octanol–water partition coefficient (Wildman–Crippen LogP) is 0.525. The smallest absolute Gasteiger partial charge is 0.298 e. The Hall–Kier alpha value is -2.65. The number of hydrogen-bond acceptors (Lipinski definition) is 6. The first-order valence-corrected chi connectivity index (χ1v) is 6.85. The zero-order valence-electron chi connectivity index (χ0n) is 10.5. The Morgan fingerprint density at radius 3 is 2.24 bits per heavy atom. The number of aromatic hydroxyl groups is 2. The Balaban J connectivity index is 0.000000219. The molecule has 1 aromatic carbocycles. The molecule has 0 fully saturated rings. The van der Waals surface area contributed by atoms with Crippen molar-refractivity contribution in [2.75, 3.05) is 0 Å². The van der Waals surface area contributed by atoms with Crippen molar-refractivity contribution >= 4 is 16.0 Å². The normalized spacial score (nSPS) is 10.3. The van der Waals surface area contributed by atoms with Gasteiger partial charge in [0.1, 0.15) is 16.4 Å². The van der Waals surface area contributed by atoms with E-state index < -0.39 is 26.7 Å². The average Bonchev–Trinajstić information content (AvgIpc) is 2.42. The van der Waals surface area contributed by atoms with Crippen LogP contribution in [0.25, 0.3) is 0 Å². The van der Waals surface area contributed by atoms with Gasteiger partial charge in [0.05, 0.1) is 5.56 Å². The molecule has 2 aromatic rings. The Bertz CT molecular complexity index is 731. The van der Waals surface area contributed by atoms with Crippen molar-refractivity contribution in [1.82, 2.24) is 4.98 Å². The van der Waals surface area contributed by atoms with E-state index in [2.05, 4.69) is 4.98 Å². The summed E-state index contributed by atoms with van der Waals surface area (Å²) < 4.78 is 29.5. The summed E-state index contributed by atoms with van der Waals surface area (Å²) in [5, 5.41) is 17.7. The molecule has 112 valence electrons. The van der Waals surface area contributed by atoms with Gasteiger partial charge in [-0.25, -0.2) is 0 Å². The number of carbonyl (C=O) groups excluding carboxylic acids is 1. The summed E-state index contributed by atoms with van der Waals surface area (Å²) in [4.78, 5) is 13.4. The maximum Gasteiger partial charge on any atom is 0.298 e. The Morgan fingerprint density at radius 1 is 1.19 bits per heavy atom. The lowest BCUT2D eigenvalue weighted by molar-refractivity contribution is 0.1000. The maximum absolute atomic E-state index is 10.5. The number of hydrogen-bond donors (Lipinski definition) is 4. The van der Waals surface area contributed by atoms with Crippen molar-refractivity contribution in [3.63, 3.8) is 0 Å². The average molecular weight is 312 g/mol. The Labute approximate surface area is 120 Å². The van der Waals surface area contributed by atoms with Gasteiger partial charge in [0.15, 0.2) is 0 Å². The number of nitrogens with zero attached hydrogens (tertiary/aromatic N) is 1. The first kappa shape index (κ1) is 16.4. The molecule has 0 spiro atoms. The van der Waals surface area contributed by atoms with Crippen LogP contribution in [0, 0.1) is 0 Å². The van der Waals surface area contributed by atoms with Gasteiger partial charge >= 0.3 is 0 Å². The highest BCUT2D eigenvalue weighted by Gasteiger charge is 2.15.